The minimum absolute atomic E-state index is 0.0342. The highest BCUT2D eigenvalue weighted by Crippen LogP contribution is 2.34. The Morgan fingerprint density at radius 3 is 2.44 bits per heavy atom. The van der Waals surface area contributed by atoms with Gasteiger partial charge in [0.05, 0.1) is 12.4 Å². The number of amides is 1. The second-order valence-electron chi connectivity index (χ2n) is 9.98. The fourth-order valence-corrected chi connectivity index (χ4v) is 5.33. The van der Waals surface area contributed by atoms with E-state index in [0.29, 0.717) is 48.7 Å². The van der Waals surface area contributed by atoms with Gasteiger partial charge in [0, 0.05) is 18.2 Å². The molecule has 8 heteroatoms. The van der Waals surface area contributed by atoms with Crippen LogP contribution in [0.15, 0.2) is 42.5 Å². The van der Waals surface area contributed by atoms with Gasteiger partial charge in [0.15, 0.2) is 0 Å². The predicted octanol–water partition coefficient (Wildman–Crippen LogP) is 4.36. The third kappa shape index (κ3) is 7.56. The number of aryl methyl sites for hydroxylation is 2. The summed E-state index contributed by atoms with van der Waals surface area (Å²) in [5, 5.41) is 12.7. The lowest BCUT2D eigenvalue weighted by Crippen LogP contribution is -2.56. The van der Waals surface area contributed by atoms with Crippen molar-refractivity contribution in [1.82, 2.24) is 5.32 Å². The van der Waals surface area contributed by atoms with E-state index in [9.17, 15) is 23.1 Å². The van der Waals surface area contributed by atoms with Gasteiger partial charge in [0.25, 0.3) is 5.91 Å². The van der Waals surface area contributed by atoms with Crippen LogP contribution in [0.25, 0.3) is 0 Å². The Morgan fingerprint density at radius 2 is 1.83 bits per heavy atom. The molecule has 196 valence electrons. The summed E-state index contributed by atoms with van der Waals surface area (Å²) in [5.74, 6) is -0.585. The Balaban J connectivity index is 1.78. The molecule has 0 bridgehead atoms. The predicted molar refractivity (Wildman–Crippen MR) is 140 cm³/mol. The highest BCUT2D eigenvalue weighted by molar-refractivity contribution is 7.90. The molecule has 0 atom stereocenters. The zero-order chi connectivity index (χ0) is 26.3. The van der Waals surface area contributed by atoms with Crippen LogP contribution in [0.4, 0.5) is 0 Å². The molecule has 0 heterocycles. The van der Waals surface area contributed by atoms with E-state index in [1.54, 1.807) is 18.2 Å². The quantitative estimate of drug-likeness (QED) is 0.460. The molecule has 2 aromatic rings. The standard InChI is InChI=1S/C28H37NO6S/c1-4-21-10-14-28(15-11-21,27(31)32)29-26(30)24-9-8-23(13-17-36(3,33)34)25(19-24)35-16-12-22-7-5-6-20(2)18-22/h5-9,18-19,21H,4,10-17H2,1-3H3,(H,29,30)(H,31,32)/t21-,28-. The number of carboxylic acids is 1. The number of carbonyl (C=O) groups excluding carboxylic acids is 1. The number of rotatable bonds is 11. The van der Waals surface area contributed by atoms with Gasteiger partial charge in [-0.25, -0.2) is 13.2 Å². The molecule has 1 saturated carbocycles. The molecule has 1 aliphatic carbocycles. The molecule has 2 N–H and O–H groups in total. The maximum atomic E-state index is 13.2. The third-order valence-corrected chi connectivity index (χ3v) is 8.05. The van der Waals surface area contributed by atoms with E-state index in [1.165, 1.54) is 6.26 Å². The fourth-order valence-electron chi connectivity index (χ4n) is 4.74. The van der Waals surface area contributed by atoms with Gasteiger partial charge in [-0.15, -0.1) is 0 Å². The first kappa shape index (κ1) is 27.7. The van der Waals surface area contributed by atoms with Crippen LogP contribution < -0.4 is 10.1 Å². The van der Waals surface area contributed by atoms with Crippen molar-refractivity contribution in [3.63, 3.8) is 0 Å². The molecule has 0 saturated heterocycles. The first-order valence-electron chi connectivity index (χ1n) is 12.6. The summed E-state index contributed by atoms with van der Waals surface area (Å²) in [6, 6.07) is 13.0. The monoisotopic (exact) mass is 515 g/mol. The van der Waals surface area contributed by atoms with Gasteiger partial charge in [0.1, 0.15) is 21.1 Å². The van der Waals surface area contributed by atoms with Crippen LogP contribution in [0.2, 0.25) is 0 Å². The third-order valence-electron chi connectivity index (χ3n) is 7.10. The summed E-state index contributed by atoms with van der Waals surface area (Å²) >= 11 is 0. The van der Waals surface area contributed by atoms with Crippen LogP contribution in [0.1, 0.15) is 66.1 Å². The van der Waals surface area contributed by atoms with Gasteiger partial charge in [-0.05, 0) is 68.2 Å². The molecule has 1 amide bonds. The molecule has 0 aliphatic heterocycles. The lowest BCUT2D eigenvalue weighted by molar-refractivity contribution is -0.146. The number of carbonyl (C=O) groups is 2. The number of nitrogens with one attached hydrogen (secondary N) is 1. The number of carboxylic acid groups (broad SMARTS) is 1. The number of aliphatic carboxylic acids is 1. The summed E-state index contributed by atoms with van der Waals surface area (Å²) in [6.45, 7) is 4.48. The van der Waals surface area contributed by atoms with Crippen LogP contribution in [0, 0.1) is 12.8 Å². The highest BCUT2D eigenvalue weighted by atomic mass is 32.2. The first-order chi connectivity index (χ1) is 17.0. The number of ether oxygens (including phenoxy) is 1. The Hall–Kier alpha value is -2.87. The van der Waals surface area contributed by atoms with Gasteiger partial charge in [-0.3, -0.25) is 4.79 Å². The molecule has 7 nitrogen and oxygen atoms in total. The largest absolute Gasteiger partial charge is 0.493 e. The number of hydrogen-bond donors (Lipinski definition) is 2. The van der Waals surface area contributed by atoms with Gasteiger partial charge < -0.3 is 15.2 Å². The molecular formula is C28H37NO6S. The van der Waals surface area contributed by atoms with E-state index in [-0.39, 0.29) is 12.2 Å². The number of hydrogen-bond acceptors (Lipinski definition) is 5. The van der Waals surface area contributed by atoms with Crippen molar-refractivity contribution in [2.24, 2.45) is 5.92 Å². The first-order valence-corrected chi connectivity index (χ1v) is 14.6. The van der Waals surface area contributed by atoms with Gasteiger partial charge in [-0.2, -0.15) is 0 Å². The van der Waals surface area contributed by atoms with Crippen LogP contribution in [-0.2, 0) is 27.5 Å². The SMILES string of the molecule is CC[C@H]1CC[C@@](NC(=O)c2ccc(CCS(C)(=O)=O)c(OCCc3cccc(C)c3)c2)(C(=O)O)CC1. The zero-order valence-corrected chi connectivity index (χ0v) is 22.2. The molecule has 0 spiro atoms. The average Bonchev–Trinajstić information content (AvgIpc) is 2.83. The smallest absolute Gasteiger partial charge is 0.329 e. The Kier molecular flexibility index (Phi) is 9.17. The van der Waals surface area contributed by atoms with Gasteiger partial charge in [-0.1, -0.05) is 49.2 Å². The van der Waals surface area contributed by atoms with Crippen molar-refractivity contribution in [2.45, 2.75) is 64.3 Å². The Bertz CT molecular complexity index is 1180. The van der Waals surface area contributed by atoms with E-state index in [4.69, 9.17) is 4.74 Å². The van der Waals surface area contributed by atoms with E-state index in [0.717, 1.165) is 30.4 Å². The van der Waals surface area contributed by atoms with Crippen molar-refractivity contribution < 1.29 is 27.9 Å². The summed E-state index contributed by atoms with van der Waals surface area (Å²) in [6.07, 6.45) is 5.44. The maximum absolute atomic E-state index is 13.2. The maximum Gasteiger partial charge on any atom is 0.329 e. The van der Waals surface area contributed by atoms with E-state index in [2.05, 4.69) is 18.3 Å². The minimum atomic E-state index is -3.18. The highest BCUT2D eigenvalue weighted by Gasteiger charge is 2.43. The van der Waals surface area contributed by atoms with Crippen LogP contribution in [0.5, 0.6) is 5.75 Å². The van der Waals surface area contributed by atoms with E-state index < -0.39 is 27.3 Å². The van der Waals surface area contributed by atoms with Gasteiger partial charge in [0.2, 0.25) is 0 Å². The Morgan fingerprint density at radius 1 is 1.11 bits per heavy atom. The van der Waals surface area contributed by atoms with Crippen molar-refractivity contribution in [3.8, 4) is 5.75 Å². The van der Waals surface area contributed by atoms with Crippen molar-refractivity contribution in [1.29, 1.82) is 0 Å². The number of benzene rings is 2. The number of sulfone groups is 1. The molecule has 1 aliphatic rings. The van der Waals surface area contributed by atoms with Gasteiger partial charge >= 0.3 is 5.97 Å². The Labute approximate surface area is 214 Å². The zero-order valence-electron chi connectivity index (χ0n) is 21.4. The van der Waals surface area contributed by atoms with Crippen LogP contribution >= 0.6 is 0 Å². The molecule has 1 fully saturated rings. The molecule has 3 rings (SSSR count). The molecule has 0 radical (unpaired) electrons. The topological polar surface area (TPSA) is 110 Å². The average molecular weight is 516 g/mol. The molecule has 0 unspecified atom stereocenters. The molecule has 2 aromatic carbocycles. The summed E-state index contributed by atoms with van der Waals surface area (Å²) in [4.78, 5) is 25.3. The molecule has 36 heavy (non-hydrogen) atoms. The molecular weight excluding hydrogens is 478 g/mol. The van der Waals surface area contributed by atoms with E-state index in [1.807, 2.05) is 25.1 Å². The summed E-state index contributed by atoms with van der Waals surface area (Å²) in [7, 11) is -3.18. The van der Waals surface area contributed by atoms with E-state index >= 15 is 0 Å². The summed E-state index contributed by atoms with van der Waals surface area (Å²) < 4.78 is 29.5. The molecule has 0 aromatic heterocycles. The van der Waals surface area contributed by atoms with Crippen molar-refractivity contribution in [2.75, 3.05) is 18.6 Å². The lowest BCUT2D eigenvalue weighted by atomic mass is 9.75. The van der Waals surface area contributed by atoms with Crippen LogP contribution in [0.3, 0.4) is 0 Å². The van der Waals surface area contributed by atoms with Crippen molar-refractivity contribution >= 4 is 21.7 Å². The lowest BCUT2D eigenvalue weighted by Gasteiger charge is -2.37. The van der Waals surface area contributed by atoms with Crippen LogP contribution in [-0.4, -0.2) is 49.6 Å². The minimum Gasteiger partial charge on any atom is -0.493 e. The fraction of sp³-hybridized carbons (Fsp3) is 0.500. The summed E-state index contributed by atoms with van der Waals surface area (Å²) in [5.41, 5.74) is 1.98. The normalized spacial score (nSPS) is 20.0. The second-order valence-corrected chi connectivity index (χ2v) is 12.2. The second kappa shape index (κ2) is 11.9. The van der Waals surface area contributed by atoms with Crippen molar-refractivity contribution in [3.05, 3.63) is 64.7 Å².